The zero-order valence-corrected chi connectivity index (χ0v) is 11.5. The third kappa shape index (κ3) is 4.01. The number of rotatable bonds is 4. The van der Waals surface area contributed by atoms with Crippen LogP contribution in [0.25, 0.3) is 6.08 Å². The highest BCUT2D eigenvalue weighted by Crippen LogP contribution is 2.25. The predicted octanol–water partition coefficient (Wildman–Crippen LogP) is 2.15. The Morgan fingerprint density at radius 1 is 1.13 bits per heavy atom. The molecule has 1 amide bonds. The minimum absolute atomic E-state index is 0.0862. The number of amides is 1. The first-order valence-electron chi connectivity index (χ1n) is 7.70. The quantitative estimate of drug-likeness (QED) is 0.334. The Bertz CT molecular complexity index is 913. The topological polar surface area (TPSA) is 127 Å². The largest absolute Gasteiger partial charge is 0.508 e. The molecule has 23 heavy (non-hydrogen) atoms. The summed E-state index contributed by atoms with van der Waals surface area (Å²) >= 11 is 0. The van der Waals surface area contributed by atoms with Gasteiger partial charge in [0.1, 0.15) is 5.75 Å². The van der Waals surface area contributed by atoms with E-state index >= 15 is 0 Å². The summed E-state index contributed by atoms with van der Waals surface area (Å²) in [5.41, 5.74) is -0.702. The highest BCUT2D eigenvalue weighted by Gasteiger charge is 2.12. The maximum absolute atomic E-state index is 12.0. The summed E-state index contributed by atoms with van der Waals surface area (Å²) in [5, 5.41) is 39.6. The Hall–Kier alpha value is -3.48. The third-order valence-corrected chi connectivity index (χ3v) is 2.69. The number of aromatic hydroxyl groups is 3. The number of hydrogen-bond donors (Lipinski definition) is 5. The van der Waals surface area contributed by atoms with Crippen LogP contribution in [0.5, 0.6) is 17.2 Å². The van der Waals surface area contributed by atoms with Crippen molar-refractivity contribution in [3.63, 3.8) is 0 Å². The monoisotopic (exact) mass is 318 g/mol. The van der Waals surface area contributed by atoms with Crippen molar-refractivity contribution < 1.29 is 34.1 Å². The molecule has 0 fully saturated rings. The fourth-order valence-electron chi connectivity index (χ4n) is 1.64. The van der Waals surface area contributed by atoms with Crippen molar-refractivity contribution in [1.82, 2.24) is 0 Å². The van der Waals surface area contributed by atoms with Gasteiger partial charge in [-0.1, -0.05) is 6.04 Å². The predicted molar refractivity (Wildman–Crippen MR) is 82.5 cm³/mol. The van der Waals surface area contributed by atoms with Gasteiger partial charge in [-0.2, -0.15) is 0 Å². The highest BCUT2D eigenvalue weighted by molar-refractivity contribution is 6.06. The zero-order chi connectivity index (χ0) is 19.6. The highest BCUT2D eigenvalue weighted by atomic mass is 16.4. The van der Waals surface area contributed by atoms with Crippen LogP contribution in [0.3, 0.4) is 0 Å². The van der Waals surface area contributed by atoms with Crippen LogP contribution in [0.2, 0.25) is 0 Å². The Kier molecular flexibility index (Phi) is 3.43. The molecule has 0 saturated carbocycles. The number of aromatic carboxylic acids is 1. The second-order valence-electron chi connectivity index (χ2n) is 4.34. The van der Waals surface area contributed by atoms with Gasteiger partial charge in [0.15, 0.2) is 11.5 Å². The normalized spacial score (nSPS) is 12.4. The average Bonchev–Trinajstić information content (AvgIpc) is 2.59. The molecule has 2 aromatic rings. The van der Waals surface area contributed by atoms with Crippen molar-refractivity contribution >= 4 is 23.6 Å². The molecule has 7 nitrogen and oxygen atoms in total. The molecule has 2 aromatic carbocycles. The fourth-order valence-corrected chi connectivity index (χ4v) is 1.64. The number of carbonyl (C=O) groups is 2. The van der Waals surface area contributed by atoms with Crippen molar-refractivity contribution in [3.8, 4) is 17.2 Å². The molecule has 5 N–H and O–H groups in total. The zero-order valence-electron chi connectivity index (χ0n) is 14.5. The number of carbonyl (C=O) groups excluding carboxylic acids is 1. The standard InChI is InChI=1S/C16H13NO6/c18-10-3-4-12(11(8-10)16(22)23)17-15(21)6-2-9-1-5-13(19)14(20)7-9/h1-8,18-20H,(H,17,21)(H,22,23)/b6-2+/i1D,5D,7D. The minimum Gasteiger partial charge on any atom is -0.508 e. The van der Waals surface area contributed by atoms with Crippen LogP contribution in [0.4, 0.5) is 5.69 Å². The van der Waals surface area contributed by atoms with Crippen LogP contribution in [-0.4, -0.2) is 32.3 Å². The molecule has 0 radical (unpaired) electrons. The van der Waals surface area contributed by atoms with Gasteiger partial charge in [-0.15, -0.1) is 0 Å². The number of nitrogens with one attached hydrogen (secondary N) is 1. The van der Waals surface area contributed by atoms with Gasteiger partial charge in [-0.25, -0.2) is 4.79 Å². The average molecular weight is 318 g/mol. The molecule has 0 saturated heterocycles. The smallest absolute Gasteiger partial charge is 0.337 e. The van der Waals surface area contributed by atoms with E-state index < -0.39 is 41.5 Å². The summed E-state index contributed by atoms with van der Waals surface area (Å²) in [6, 6.07) is 1.42. The number of benzene rings is 2. The van der Waals surface area contributed by atoms with Crippen LogP contribution >= 0.6 is 0 Å². The van der Waals surface area contributed by atoms with Crippen molar-refractivity contribution in [2.45, 2.75) is 0 Å². The first-order chi connectivity index (χ1) is 12.1. The SMILES string of the molecule is [2H]c1c([2H])c(/C=C/C(=O)Nc2ccc(O)cc2C(=O)O)c([2H])c(O)c1O. The lowest BCUT2D eigenvalue weighted by molar-refractivity contribution is -0.111. The lowest BCUT2D eigenvalue weighted by Gasteiger charge is -2.07. The van der Waals surface area contributed by atoms with E-state index in [9.17, 15) is 24.9 Å². The molecule has 0 aliphatic heterocycles. The lowest BCUT2D eigenvalue weighted by atomic mass is 10.1. The Labute approximate surface area is 135 Å². The van der Waals surface area contributed by atoms with E-state index in [2.05, 4.69) is 5.32 Å². The van der Waals surface area contributed by atoms with E-state index in [4.69, 9.17) is 9.22 Å². The summed E-state index contributed by atoms with van der Waals surface area (Å²) in [5.74, 6) is -4.27. The Morgan fingerprint density at radius 3 is 2.57 bits per heavy atom. The van der Waals surface area contributed by atoms with E-state index in [1.54, 1.807) is 0 Å². The molecule has 0 aliphatic carbocycles. The minimum atomic E-state index is -1.37. The molecule has 0 aliphatic rings. The number of carboxylic acids is 1. The van der Waals surface area contributed by atoms with Crippen LogP contribution in [0, 0.1) is 0 Å². The molecular formula is C16H13NO6. The van der Waals surface area contributed by atoms with Crippen molar-refractivity contribution in [2.75, 3.05) is 5.32 Å². The van der Waals surface area contributed by atoms with Crippen molar-refractivity contribution in [3.05, 3.63) is 53.5 Å². The fraction of sp³-hybridized carbons (Fsp3) is 0. The van der Waals surface area contributed by atoms with Gasteiger partial charge in [0.25, 0.3) is 0 Å². The first-order valence-corrected chi connectivity index (χ1v) is 6.20. The molecule has 0 bridgehead atoms. The maximum atomic E-state index is 12.0. The van der Waals surface area contributed by atoms with Crippen LogP contribution in [0.15, 0.2) is 42.4 Å². The summed E-state index contributed by atoms with van der Waals surface area (Å²) in [4.78, 5) is 23.1. The molecular weight excluding hydrogens is 302 g/mol. The van der Waals surface area contributed by atoms with Crippen LogP contribution in [0.1, 0.15) is 20.0 Å². The van der Waals surface area contributed by atoms with Crippen LogP contribution < -0.4 is 5.32 Å². The second kappa shape index (κ2) is 6.52. The molecule has 7 heteroatoms. The van der Waals surface area contributed by atoms with E-state index in [-0.39, 0.29) is 22.6 Å². The molecule has 0 atom stereocenters. The maximum Gasteiger partial charge on any atom is 0.337 e. The van der Waals surface area contributed by atoms with E-state index in [0.717, 1.165) is 18.2 Å². The Morgan fingerprint density at radius 2 is 1.87 bits per heavy atom. The van der Waals surface area contributed by atoms with E-state index in [1.807, 2.05) is 0 Å². The molecule has 0 unspecified atom stereocenters. The molecule has 2 rings (SSSR count). The molecule has 0 heterocycles. The number of phenols is 3. The third-order valence-electron chi connectivity index (χ3n) is 2.69. The second-order valence-corrected chi connectivity index (χ2v) is 4.34. The number of carboxylic acid groups (broad SMARTS) is 1. The van der Waals surface area contributed by atoms with Gasteiger partial charge in [-0.05, 0) is 41.9 Å². The number of anilines is 1. The van der Waals surface area contributed by atoms with Crippen molar-refractivity contribution in [1.29, 1.82) is 0 Å². The van der Waals surface area contributed by atoms with E-state index in [0.29, 0.717) is 0 Å². The first kappa shape index (κ1) is 12.1. The van der Waals surface area contributed by atoms with Gasteiger partial charge >= 0.3 is 5.97 Å². The van der Waals surface area contributed by atoms with E-state index in [1.165, 1.54) is 12.1 Å². The molecule has 118 valence electrons. The van der Waals surface area contributed by atoms with Gasteiger partial charge in [0.2, 0.25) is 5.91 Å². The number of phenolic OH excluding ortho intramolecular Hbond substituents is 3. The van der Waals surface area contributed by atoms with Gasteiger partial charge in [0.05, 0.1) is 15.4 Å². The summed E-state index contributed by atoms with van der Waals surface area (Å²) < 4.78 is 22.8. The molecule has 0 aromatic heterocycles. The van der Waals surface area contributed by atoms with Crippen molar-refractivity contribution in [2.24, 2.45) is 0 Å². The lowest BCUT2D eigenvalue weighted by Crippen LogP contribution is -2.11. The van der Waals surface area contributed by atoms with Gasteiger partial charge in [0, 0.05) is 6.08 Å². The summed E-state index contributed by atoms with van der Waals surface area (Å²) in [6.07, 6.45) is 1.86. The molecule has 0 spiro atoms. The summed E-state index contributed by atoms with van der Waals surface area (Å²) in [6.45, 7) is 0. The Balaban J connectivity index is 2.31. The van der Waals surface area contributed by atoms with Gasteiger partial charge < -0.3 is 25.7 Å². The summed E-state index contributed by atoms with van der Waals surface area (Å²) in [7, 11) is 0. The van der Waals surface area contributed by atoms with Crippen LogP contribution in [-0.2, 0) is 4.79 Å². The number of hydrogen-bond acceptors (Lipinski definition) is 5. The van der Waals surface area contributed by atoms with Gasteiger partial charge in [-0.3, -0.25) is 4.79 Å².